The van der Waals surface area contributed by atoms with E-state index in [0.29, 0.717) is 18.5 Å². The van der Waals surface area contributed by atoms with Crippen molar-refractivity contribution in [3.63, 3.8) is 0 Å². The largest absolute Gasteiger partial charge is 0.350 e. The molecule has 1 saturated carbocycles. The predicted octanol–water partition coefficient (Wildman–Crippen LogP) is 3.32. The molecule has 1 N–H and O–H groups in total. The molecule has 4 rings (SSSR count). The van der Waals surface area contributed by atoms with E-state index in [1.54, 1.807) is 0 Å². The topological polar surface area (TPSA) is 69.6 Å². The number of halogens is 2. The van der Waals surface area contributed by atoms with Crippen LogP contribution in [-0.2, 0) is 9.57 Å². The highest BCUT2D eigenvalue weighted by Crippen LogP contribution is 2.37. The van der Waals surface area contributed by atoms with Gasteiger partial charge in [0.2, 0.25) is 5.43 Å². The molecule has 26 heavy (non-hydrogen) atoms. The number of benzene rings is 1. The first kappa shape index (κ1) is 17.5. The minimum Gasteiger partial charge on any atom is -0.350 e. The fourth-order valence-electron chi connectivity index (χ4n) is 3.14. The molecule has 1 saturated heterocycles. The fourth-order valence-corrected chi connectivity index (χ4v) is 3.30. The SMILES string of the molecule is O=C(NOC1CCCCO1)c1cn(C2CC2)c2cc(Cl)c(F)cc2c1=O. The number of amides is 1. The normalized spacial score (nSPS) is 20.3. The number of nitrogens with zero attached hydrogens (tertiary/aromatic N) is 1. The van der Waals surface area contributed by atoms with Crippen LogP contribution in [0.4, 0.5) is 4.39 Å². The van der Waals surface area contributed by atoms with Crippen molar-refractivity contribution in [1.82, 2.24) is 10.0 Å². The molecule has 0 bridgehead atoms. The zero-order valence-electron chi connectivity index (χ0n) is 14.0. The van der Waals surface area contributed by atoms with Gasteiger partial charge in [-0.25, -0.2) is 14.7 Å². The maximum Gasteiger partial charge on any atom is 0.280 e. The van der Waals surface area contributed by atoms with Crippen LogP contribution < -0.4 is 10.9 Å². The predicted molar refractivity (Wildman–Crippen MR) is 93.6 cm³/mol. The molecule has 2 aliphatic rings. The van der Waals surface area contributed by atoms with Crippen LogP contribution in [0, 0.1) is 5.82 Å². The lowest BCUT2D eigenvalue weighted by molar-refractivity contribution is -0.186. The summed E-state index contributed by atoms with van der Waals surface area (Å²) in [6.07, 6.45) is 5.42. The van der Waals surface area contributed by atoms with Crippen molar-refractivity contribution >= 4 is 28.4 Å². The van der Waals surface area contributed by atoms with Gasteiger partial charge in [-0.15, -0.1) is 0 Å². The van der Waals surface area contributed by atoms with Crippen molar-refractivity contribution in [2.45, 2.75) is 44.4 Å². The third kappa shape index (κ3) is 3.34. The smallest absolute Gasteiger partial charge is 0.280 e. The van der Waals surface area contributed by atoms with Gasteiger partial charge in [0.25, 0.3) is 5.91 Å². The molecule has 1 aliphatic carbocycles. The number of carbonyl (C=O) groups is 1. The molecule has 0 spiro atoms. The Kier molecular flexibility index (Phi) is 4.69. The van der Waals surface area contributed by atoms with Gasteiger partial charge in [0.05, 0.1) is 10.5 Å². The van der Waals surface area contributed by atoms with Crippen LogP contribution in [0.15, 0.2) is 23.1 Å². The molecule has 1 unspecified atom stereocenters. The van der Waals surface area contributed by atoms with Crippen molar-refractivity contribution < 1.29 is 18.8 Å². The minimum absolute atomic E-state index is 0.0544. The summed E-state index contributed by atoms with van der Waals surface area (Å²) in [6.45, 7) is 0.574. The molecule has 2 aromatic rings. The average molecular weight is 381 g/mol. The molecule has 1 aromatic heterocycles. The summed E-state index contributed by atoms with van der Waals surface area (Å²) in [5.74, 6) is -1.36. The highest BCUT2D eigenvalue weighted by molar-refractivity contribution is 6.31. The zero-order chi connectivity index (χ0) is 18.3. The third-order valence-electron chi connectivity index (χ3n) is 4.68. The van der Waals surface area contributed by atoms with Gasteiger partial charge < -0.3 is 9.30 Å². The first-order valence-electron chi connectivity index (χ1n) is 8.66. The lowest BCUT2D eigenvalue weighted by Gasteiger charge is -2.22. The number of fused-ring (bicyclic) bond motifs is 1. The monoisotopic (exact) mass is 380 g/mol. The standard InChI is InChI=1S/C18H18ClFN2O4/c19-13-8-15-11(7-14(13)20)17(23)12(9-22(15)10-4-5-10)18(24)21-26-16-3-1-2-6-25-16/h7-10,16H,1-6H2,(H,21,24). The zero-order valence-corrected chi connectivity index (χ0v) is 14.7. The van der Waals surface area contributed by atoms with E-state index in [0.717, 1.165) is 31.7 Å². The number of carbonyl (C=O) groups excluding carboxylic acids is 1. The van der Waals surface area contributed by atoms with Gasteiger partial charge in [0.15, 0.2) is 6.29 Å². The van der Waals surface area contributed by atoms with Crippen LogP contribution in [0.2, 0.25) is 5.02 Å². The number of hydrogen-bond acceptors (Lipinski definition) is 4. The van der Waals surface area contributed by atoms with E-state index < -0.39 is 23.4 Å². The summed E-state index contributed by atoms with van der Waals surface area (Å²) < 4.78 is 21.1. The Morgan fingerprint density at radius 2 is 2.12 bits per heavy atom. The van der Waals surface area contributed by atoms with Gasteiger partial charge in [-0.05, 0) is 37.8 Å². The van der Waals surface area contributed by atoms with Crippen molar-refractivity contribution in [3.05, 3.63) is 45.0 Å². The number of rotatable bonds is 4. The second-order valence-corrected chi connectivity index (χ2v) is 7.05. The molecule has 2 fully saturated rings. The van der Waals surface area contributed by atoms with Gasteiger partial charge in [0.1, 0.15) is 11.4 Å². The summed E-state index contributed by atoms with van der Waals surface area (Å²) in [7, 11) is 0. The summed E-state index contributed by atoms with van der Waals surface area (Å²) >= 11 is 5.87. The Labute approximate surface area is 153 Å². The number of pyridine rings is 1. The van der Waals surface area contributed by atoms with Crippen LogP contribution in [0.1, 0.15) is 48.5 Å². The Bertz CT molecular complexity index is 920. The summed E-state index contributed by atoms with van der Waals surface area (Å²) in [6, 6.07) is 2.69. The van der Waals surface area contributed by atoms with E-state index in [4.69, 9.17) is 21.2 Å². The summed E-state index contributed by atoms with van der Waals surface area (Å²) in [4.78, 5) is 30.4. The molecule has 2 heterocycles. The maximum atomic E-state index is 13.9. The second-order valence-electron chi connectivity index (χ2n) is 6.64. The van der Waals surface area contributed by atoms with Crippen molar-refractivity contribution in [3.8, 4) is 0 Å². The molecule has 1 amide bonds. The molecule has 8 heteroatoms. The van der Waals surface area contributed by atoms with E-state index in [-0.39, 0.29) is 22.0 Å². The van der Waals surface area contributed by atoms with E-state index in [1.807, 2.05) is 4.57 Å². The van der Waals surface area contributed by atoms with Gasteiger partial charge in [0, 0.05) is 30.7 Å². The summed E-state index contributed by atoms with van der Waals surface area (Å²) in [5, 5.41) is 0.0710. The van der Waals surface area contributed by atoms with E-state index in [2.05, 4.69) is 5.48 Å². The Morgan fingerprint density at radius 1 is 1.31 bits per heavy atom. The van der Waals surface area contributed by atoms with E-state index in [1.165, 1.54) is 12.3 Å². The van der Waals surface area contributed by atoms with Gasteiger partial charge in [-0.1, -0.05) is 11.6 Å². The Hall–Kier alpha value is -1.96. The second kappa shape index (κ2) is 6.98. The fraction of sp³-hybridized carbons (Fsp3) is 0.444. The van der Waals surface area contributed by atoms with Crippen molar-refractivity contribution in [2.24, 2.45) is 0 Å². The average Bonchev–Trinajstić information content (AvgIpc) is 3.48. The highest BCUT2D eigenvalue weighted by Gasteiger charge is 2.27. The molecule has 1 aliphatic heterocycles. The number of ether oxygens (including phenoxy) is 1. The van der Waals surface area contributed by atoms with Gasteiger partial charge in [-0.2, -0.15) is 0 Å². The molecular formula is C18H18ClFN2O4. The lowest BCUT2D eigenvalue weighted by Crippen LogP contribution is -2.35. The molecule has 0 radical (unpaired) electrons. The molecule has 1 atom stereocenters. The maximum absolute atomic E-state index is 13.9. The molecular weight excluding hydrogens is 363 g/mol. The first-order valence-corrected chi connectivity index (χ1v) is 9.04. The quantitative estimate of drug-likeness (QED) is 0.826. The number of hydroxylamine groups is 1. The van der Waals surface area contributed by atoms with Crippen molar-refractivity contribution in [1.29, 1.82) is 0 Å². The van der Waals surface area contributed by atoms with Crippen LogP contribution in [0.5, 0.6) is 0 Å². The highest BCUT2D eigenvalue weighted by atomic mass is 35.5. The number of aromatic nitrogens is 1. The van der Waals surface area contributed by atoms with Crippen LogP contribution in [-0.4, -0.2) is 23.4 Å². The minimum atomic E-state index is -0.692. The number of nitrogens with one attached hydrogen (secondary N) is 1. The van der Waals surface area contributed by atoms with E-state index in [9.17, 15) is 14.0 Å². The first-order chi connectivity index (χ1) is 12.5. The van der Waals surface area contributed by atoms with Crippen LogP contribution in [0.25, 0.3) is 10.9 Å². The summed E-state index contributed by atoms with van der Waals surface area (Å²) in [5.41, 5.74) is 2.16. The Balaban J connectivity index is 1.68. The third-order valence-corrected chi connectivity index (χ3v) is 4.97. The van der Waals surface area contributed by atoms with Crippen molar-refractivity contribution in [2.75, 3.05) is 6.61 Å². The van der Waals surface area contributed by atoms with E-state index >= 15 is 0 Å². The molecule has 138 valence electrons. The lowest BCUT2D eigenvalue weighted by atomic mass is 10.1. The van der Waals surface area contributed by atoms with Crippen LogP contribution >= 0.6 is 11.6 Å². The molecule has 1 aromatic carbocycles. The Morgan fingerprint density at radius 3 is 2.81 bits per heavy atom. The van der Waals surface area contributed by atoms with Gasteiger partial charge >= 0.3 is 0 Å². The molecule has 6 nitrogen and oxygen atoms in total. The van der Waals surface area contributed by atoms with Gasteiger partial charge in [-0.3, -0.25) is 9.59 Å². The van der Waals surface area contributed by atoms with Crippen LogP contribution in [0.3, 0.4) is 0 Å². The number of hydrogen-bond donors (Lipinski definition) is 1.